The van der Waals surface area contributed by atoms with E-state index in [1.165, 1.54) is 29.0 Å². The molecule has 1 unspecified atom stereocenters. The molecule has 1 atom stereocenters. The highest BCUT2D eigenvalue weighted by atomic mass is 32.2. The fourth-order valence-electron chi connectivity index (χ4n) is 4.00. The minimum absolute atomic E-state index is 0.0867. The molecule has 0 radical (unpaired) electrons. The van der Waals surface area contributed by atoms with Gasteiger partial charge >= 0.3 is 17.8 Å². The molecule has 1 amide bonds. The number of fused-ring (bicyclic) bond motifs is 1. The van der Waals surface area contributed by atoms with Crippen LogP contribution in [0.3, 0.4) is 0 Å². The van der Waals surface area contributed by atoms with Crippen LogP contribution in [0.2, 0.25) is 0 Å². The summed E-state index contributed by atoms with van der Waals surface area (Å²) in [6, 6.07) is 2.45. The molecule has 1 aromatic carbocycles. The maximum atomic E-state index is 14.3. The number of carbonyl (C=O) groups excluding carboxylic acids is 2. The molecular weight excluding hydrogens is 576 g/mol. The number of aromatic nitrogens is 2. The van der Waals surface area contributed by atoms with Crippen molar-refractivity contribution in [2.45, 2.75) is 31.9 Å². The smallest absolute Gasteiger partial charge is 0.419 e. The van der Waals surface area contributed by atoms with Gasteiger partial charge in [-0.25, -0.2) is 9.18 Å². The van der Waals surface area contributed by atoms with Crippen molar-refractivity contribution in [1.82, 2.24) is 19.4 Å². The zero-order valence-electron chi connectivity index (χ0n) is 21.7. The fourth-order valence-corrected chi connectivity index (χ4v) is 6.08. The molecule has 1 aliphatic rings. The molecule has 9 nitrogen and oxygen atoms in total. The highest BCUT2D eigenvalue weighted by Gasteiger charge is 2.36. The Kier molecular flexibility index (Phi) is 8.17. The van der Waals surface area contributed by atoms with Gasteiger partial charge in [0.05, 0.1) is 29.0 Å². The zero-order valence-corrected chi connectivity index (χ0v) is 23.3. The number of nitrogens with one attached hydrogen (secondary N) is 1. The summed E-state index contributed by atoms with van der Waals surface area (Å²) in [7, 11) is 2.86. The summed E-state index contributed by atoms with van der Waals surface area (Å²) < 4.78 is 61.1. The van der Waals surface area contributed by atoms with Crippen LogP contribution in [0, 0.1) is 11.7 Å². The zero-order chi connectivity index (χ0) is 29.5. The standard InChI is InChI=1S/C25H24F4N4O5S2/c1-12(2)22(36)38-11-33-17(13-5-6-15(16(26)7-13)25(27,28)29)10-40-23(33)30-18(34)8-14-9-39-21-19(14)20(35)31(3)24(37)32(21)4/h5-7,9-10,12,23H,8,11H2,1-4H3,(H,30,34). The first-order chi connectivity index (χ1) is 18.7. The summed E-state index contributed by atoms with van der Waals surface area (Å²) in [4.78, 5) is 52.0. The van der Waals surface area contributed by atoms with E-state index in [9.17, 15) is 36.7 Å². The first-order valence-electron chi connectivity index (χ1n) is 11.8. The van der Waals surface area contributed by atoms with E-state index in [-0.39, 0.29) is 29.8 Å². The predicted molar refractivity (Wildman–Crippen MR) is 143 cm³/mol. The van der Waals surface area contributed by atoms with E-state index < -0.39 is 52.1 Å². The topological polar surface area (TPSA) is 103 Å². The molecule has 0 aliphatic carbocycles. The number of halogens is 4. The van der Waals surface area contributed by atoms with Gasteiger partial charge in [0.1, 0.15) is 10.6 Å². The first-order valence-corrected chi connectivity index (χ1v) is 13.6. The molecule has 40 heavy (non-hydrogen) atoms. The van der Waals surface area contributed by atoms with Crippen molar-refractivity contribution in [2.75, 3.05) is 6.73 Å². The number of benzene rings is 1. The number of nitrogens with zero attached hydrogens (tertiary/aromatic N) is 3. The molecule has 0 spiro atoms. The Balaban J connectivity index is 1.58. The molecule has 1 N–H and O–H groups in total. The normalized spacial score (nSPS) is 15.6. The van der Waals surface area contributed by atoms with E-state index in [1.54, 1.807) is 19.2 Å². The van der Waals surface area contributed by atoms with Crippen molar-refractivity contribution in [2.24, 2.45) is 20.0 Å². The monoisotopic (exact) mass is 600 g/mol. The number of hydrogen-bond donors (Lipinski definition) is 1. The lowest BCUT2D eigenvalue weighted by molar-refractivity contribution is -0.151. The number of carbonyl (C=O) groups is 2. The summed E-state index contributed by atoms with van der Waals surface area (Å²) in [5.74, 6) is -3.00. The summed E-state index contributed by atoms with van der Waals surface area (Å²) in [5.41, 5.74) is -2.57. The SMILES string of the molecule is CC(C)C(=O)OCN1C(c2ccc(C(F)(F)F)c(F)c2)=CSC1NC(=O)Cc1csc2c1c(=O)n(C)c(=O)n2C. The van der Waals surface area contributed by atoms with Crippen molar-refractivity contribution in [3.05, 3.63) is 72.3 Å². The minimum atomic E-state index is -4.87. The fraction of sp³-hybridized carbons (Fsp3) is 0.360. The molecule has 2 aromatic heterocycles. The highest BCUT2D eigenvalue weighted by Crippen LogP contribution is 2.38. The Labute approximate surface area is 233 Å². The van der Waals surface area contributed by atoms with Gasteiger partial charge in [0.15, 0.2) is 12.2 Å². The third-order valence-corrected chi connectivity index (χ3v) is 8.26. The molecule has 1 aliphatic heterocycles. The molecule has 0 saturated carbocycles. The summed E-state index contributed by atoms with van der Waals surface area (Å²) in [6.45, 7) is 2.87. The summed E-state index contributed by atoms with van der Waals surface area (Å²) in [6.07, 6.45) is -5.09. The van der Waals surface area contributed by atoms with Crippen molar-refractivity contribution in [1.29, 1.82) is 0 Å². The van der Waals surface area contributed by atoms with Gasteiger partial charge in [-0.15, -0.1) is 11.3 Å². The van der Waals surface area contributed by atoms with Crippen LogP contribution in [0.5, 0.6) is 0 Å². The maximum Gasteiger partial charge on any atom is 0.419 e. The summed E-state index contributed by atoms with van der Waals surface area (Å²) >= 11 is 2.22. The number of ether oxygens (including phenoxy) is 1. The van der Waals surface area contributed by atoms with Crippen LogP contribution in [-0.2, 0) is 41.0 Å². The maximum absolute atomic E-state index is 14.3. The van der Waals surface area contributed by atoms with E-state index in [0.29, 0.717) is 16.5 Å². The van der Waals surface area contributed by atoms with Gasteiger partial charge in [0.2, 0.25) is 5.91 Å². The van der Waals surface area contributed by atoms with Gasteiger partial charge in [-0.2, -0.15) is 13.2 Å². The van der Waals surface area contributed by atoms with Crippen LogP contribution in [0.4, 0.5) is 17.6 Å². The Morgan fingerprint density at radius 2 is 1.85 bits per heavy atom. The van der Waals surface area contributed by atoms with Crippen molar-refractivity contribution in [3.8, 4) is 0 Å². The molecule has 4 rings (SSSR count). The Morgan fingerprint density at radius 1 is 1.15 bits per heavy atom. The van der Waals surface area contributed by atoms with Gasteiger partial charge in [-0.3, -0.25) is 23.5 Å². The van der Waals surface area contributed by atoms with Crippen molar-refractivity contribution < 1.29 is 31.9 Å². The molecule has 3 heterocycles. The lowest BCUT2D eigenvalue weighted by Crippen LogP contribution is -2.44. The van der Waals surface area contributed by atoms with Crippen molar-refractivity contribution in [3.63, 3.8) is 0 Å². The second-order valence-electron chi connectivity index (χ2n) is 9.29. The largest absolute Gasteiger partial charge is 0.444 e. The number of thioether (sulfide) groups is 1. The average molecular weight is 601 g/mol. The van der Waals surface area contributed by atoms with Crippen LogP contribution in [-0.4, -0.2) is 38.1 Å². The Morgan fingerprint density at radius 3 is 2.48 bits per heavy atom. The second-order valence-corrected chi connectivity index (χ2v) is 11.1. The molecular formula is C25H24F4N4O5S2. The second kappa shape index (κ2) is 11.1. The molecule has 15 heteroatoms. The number of aryl methyl sites for hydroxylation is 1. The number of thiophene rings is 1. The van der Waals surface area contributed by atoms with E-state index in [0.717, 1.165) is 39.8 Å². The highest BCUT2D eigenvalue weighted by molar-refractivity contribution is 8.03. The molecule has 214 valence electrons. The number of amides is 1. The van der Waals surface area contributed by atoms with Crippen LogP contribution < -0.4 is 16.6 Å². The average Bonchev–Trinajstić information content (AvgIpc) is 3.47. The van der Waals surface area contributed by atoms with E-state index in [4.69, 9.17) is 4.74 Å². The number of alkyl halides is 3. The molecule has 0 fully saturated rings. The van der Waals surface area contributed by atoms with Crippen molar-refractivity contribution >= 4 is 50.9 Å². The minimum Gasteiger partial charge on any atom is -0.444 e. The molecule has 0 saturated heterocycles. The van der Waals surface area contributed by atoms with Gasteiger partial charge in [-0.1, -0.05) is 31.7 Å². The van der Waals surface area contributed by atoms with E-state index in [2.05, 4.69) is 5.32 Å². The van der Waals surface area contributed by atoms with Gasteiger partial charge in [0, 0.05) is 19.7 Å². The predicted octanol–water partition coefficient (Wildman–Crippen LogP) is 3.60. The third-order valence-electron chi connectivity index (χ3n) is 6.17. The van der Waals surface area contributed by atoms with Gasteiger partial charge in [0.25, 0.3) is 5.56 Å². The Hall–Kier alpha value is -3.59. The quantitative estimate of drug-likeness (QED) is 0.327. The van der Waals surface area contributed by atoms with E-state index >= 15 is 0 Å². The molecule has 0 bridgehead atoms. The Bertz CT molecular complexity index is 1640. The summed E-state index contributed by atoms with van der Waals surface area (Å²) in [5, 5.41) is 6.13. The lowest BCUT2D eigenvalue weighted by atomic mass is 10.1. The van der Waals surface area contributed by atoms with Crippen LogP contribution >= 0.6 is 23.1 Å². The van der Waals surface area contributed by atoms with Crippen LogP contribution in [0.15, 0.2) is 38.6 Å². The third kappa shape index (κ3) is 5.66. The number of hydrogen-bond acceptors (Lipinski definition) is 8. The van der Waals surface area contributed by atoms with Crippen LogP contribution in [0.1, 0.15) is 30.5 Å². The lowest BCUT2D eigenvalue weighted by Gasteiger charge is -2.29. The number of rotatable bonds is 7. The first kappa shape index (κ1) is 29.4. The van der Waals surface area contributed by atoms with E-state index in [1.807, 2.05) is 0 Å². The van der Waals surface area contributed by atoms with Gasteiger partial charge < -0.3 is 15.0 Å². The van der Waals surface area contributed by atoms with Gasteiger partial charge in [-0.05, 0) is 28.5 Å². The number of esters is 1. The molecule has 3 aromatic rings. The van der Waals surface area contributed by atoms with Crippen LogP contribution in [0.25, 0.3) is 15.9 Å².